The lowest BCUT2D eigenvalue weighted by molar-refractivity contribution is 0.111. The van der Waals surface area contributed by atoms with Crippen LogP contribution in [-0.4, -0.2) is 16.5 Å². The number of carbonyl (C=O) groups excluding carboxylic acids is 1. The second-order valence-electron chi connectivity index (χ2n) is 2.80. The highest BCUT2D eigenvalue weighted by Crippen LogP contribution is 2.25. The van der Waals surface area contributed by atoms with Gasteiger partial charge in [-0.3, -0.25) is 9.89 Å². The Labute approximate surface area is 85.7 Å². The molecule has 4 heteroatoms. The molecule has 1 N–H and O–H groups in total. The first-order valence-corrected chi connectivity index (χ1v) is 4.44. The molecule has 0 saturated carbocycles. The van der Waals surface area contributed by atoms with E-state index in [0.717, 1.165) is 11.3 Å². The average Bonchev–Trinajstić information content (AvgIpc) is 2.67. The molecule has 0 amide bonds. The second-order valence-corrected chi connectivity index (χ2v) is 3.21. The number of aromatic amines is 1. The van der Waals surface area contributed by atoms with Crippen molar-refractivity contribution in [3.8, 4) is 11.3 Å². The molecule has 0 aliphatic carbocycles. The number of H-pyrrole nitrogens is 1. The van der Waals surface area contributed by atoms with E-state index in [0.29, 0.717) is 17.0 Å². The van der Waals surface area contributed by atoms with E-state index in [9.17, 15) is 4.79 Å². The Balaban J connectivity index is 2.49. The van der Waals surface area contributed by atoms with E-state index in [1.165, 1.54) is 0 Å². The molecule has 2 aromatic rings. The largest absolute Gasteiger partial charge is 0.296 e. The lowest BCUT2D eigenvalue weighted by Crippen LogP contribution is -1.78. The van der Waals surface area contributed by atoms with Gasteiger partial charge >= 0.3 is 0 Å². The van der Waals surface area contributed by atoms with E-state index in [1.54, 1.807) is 12.1 Å². The maximum Gasteiger partial charge on any atom is 0.170 e. The number of halogens is 1. The fourth-order valence-corrected chi connectivity index (χ4v) is 1.45. The van der Waals surface area contributed by atoms with Gasteiger partial charge in [0.25, 0.3) is 0 Å². The number of nitrogens with zero attached hydrogens (tertiary/aromatic N) is 1. The Bertz CT molecular complexity index is 465. The molecule has 14 heavy (non-hydrogen) atoms. The van der Waals surface area contributed by atoms with Crippen LogP contribution < -0.4 is 0 Å². The fraction of sp³-hybridized carbons (Fsp3) is 0. The van der Waals surface area contributed by atoms with Gasteiger partial charge in [0.2, 0.25) is 0 Å². The van der Waals surface area contributed by atoms with Crippen molar-refractivity contribution in [2.45, 2.75) is 0 Å². The van der Waals surface area contributed by atoms with Crippen LogP contribution in [0, 0.1) is 0 Å². The maximum atomic E-state index is 10.4. The number of hydrogen-bond donors (Lipinski definition) is 1. The minimum absolute atomic E-state index is 0.375. The van der Waals surface area contributed by atoms with Crippen LogP contribution in [0.25, 0.3) is 11.3 Å². The van der Waals surface area contributed by atoms with Crippen molar-refractivity contribution in [2.24, 2.45) is 0 Å². The zero-order chi connectivity index (χ0) is 9.97. The Morgan fingerprint density at radius 1 is 1.36 bits per heavy atom. The number of hydrogen-bond acceptors (Lipinski definition) is 2. The predicted molar refractivity (Wildman–Crippen MR) is 54.4 cm³/mol. The minimum atomic E-state index is 0.375. The van der Waals surface area contributed by atoms with Crippen molar-refractivity contribution >= 4 is 17.9 Å². The van der Waals surface area contributed by atoms with E-state index in [-0.39, 0.29) is 0 Å². The molecule has 0 aliphatic heterocycles. The molecule has 0 spiro atoms. The Morgan fingerprint density at radius 3 is 2.79 bits per heavy atom. The van der Waals surface area contributed by atoms with Crippen molar-refractivity contribution in [1.29, 1.82) is 0 Å². The van der Waals surface area contributed by atoms with Gasteiger partial charge in [0, 0.05) is 10.6 Å². The molecule has 0 saturated heterocycles. The predicted octanol–water partition coefficient (Wildman–Crippen LogP) is 2.54. The number of benzene rings is 1. The molecule has 0 unspecified atom stereocenters. The molecule has 2 rings (SSSR count). The van der Waals surface area contributed by atoms with Crippen molar-refractivity contribution in [2.75, 3.05) is 0 Å². The van der Waals surface area contributed by atoms with Crippen LogP contribution in [0.2, 0.25) is 5.02 Å². The third-order valence-electron chi connectivity index (χ3n) is 1.88. The zero-order valence-electron chi connectivity index (χ0n) is 7.20. The summed E-state index contributed by atoms with van der Waals surface area (Å²) < 4.78 is 0. The molecule has 0 fully saturated rings. The maximum absolute atomic E-state index is 10.4. The van der Waals surface area contributed by atoms with Crippen LogP contribution >= 0.6 is 11.6 Å². The van der Waals surface area contributed by atoms with Crippen LogP contribution in [0.5, 0.6) is 0 Å². The SMILES string of the molecule is O=Cc1cc(-c2ccccc2Cl)[nH]n1. The summed E-state index contributed by atoms with van der Waals surface area (Å²) in [6.07, 6.45) is 0.691. The summed E-state index contributed by atoms with van der Waals surface area (Å²) in [6, 6.07) is 9.04. The van der Waals surface area contributed by atoms with Crippen LogP contribution in [0.4, 0.5) is 0 Å². The molecule has 0 aliphatic rings. The van der Waals surface area contributed by atoms with Gasteiger partial charge < -0.3 is 0 Å². The Hall–Kier alpha value is -1.61. The van der Waals surface area contributed by atoms with E-state index in [4.69, 9.17) is 11.6 Å². The topological polar surface area (TPSA) is 45.8 Å². The van der Waals surface area contributed by atoms with Crippen molar-refractivity contribution < 1.29 is 4.79 Å². The Morgan fingerprint density at radius 2 is 2.14 bits per heavy atom. The van der Waals surface area contributed by atoms with Crippen LogP contribution in [-0.2, 0) is 0 Å². The molecule has 70 valence electrons. The van der Waals surface area contributed by atoms with Crippen LogP contribution in [0.15, 0.2) is 30.3 Å². The second kappa shape index (κ2) is 3.64. The summed E-state index contributed by atoms with van der Waals surface area (Å²) in [5, 5.41) is 7.18. The van der Waals surface area contributed by atoms with Crippen molar-refractivity contribution in [3.05, 3.63) is 41.0 Å². The summed E-state index contributed by atoms with van der Waals surface area (Å²) in [5.41, 5.74) is 1.97. The first-order chi connectivity index (χ1) is 6.81. The molecule has 1 heterocycles. The standard InChI is InChI=1S/C10H7ClN2O/c11-9-4-2-1-3-8(9)10-5-7(6-14)12-13-10/h1-6H,(H,12,13). The lowest BCUT2D eigenvalue weighted by Gasteiger charge is -1.98. The normalized spacial score (nSPS) is 10.1. The molecule has 3 nitrogen and oxygen atoms in total. The molecular weight excluding hydrogens is 200 g/mol. The van der Waals surface area contributed by atoms with E-state index in [2.05, 4.69) is 10.2 Å². The molecule has 1 aromatic carbocycles. The lowest BCUT2D eigenvalue weighted by atomic mass is 10.1. The number of aromatic nitrogens is 2. The number of nitrogens with one attached hydrogen (secondary N) is 1. The third-order valence-corrected chi connectivity index (χ3v) is 2.21. The van der Waals surface area contributed by atoms with Gasteiger partial charge in [-0.15, -0.1) is 0 Å². The zero-order valence-corrected chi connectivity index (χ0v) is 7.95. The van der Waals surface area contributed by atoms with E-state index >= 15 is 0 Å². The van der Waals surface area contributed by atoms with Gasteiger partial charge in [0.15, 0.2) is 6.29 Å². The molecular formula is C10H7ClN2O. The smallest absolute Gasteiger partial charge is 0.170 e. The summed E-state index contributed by atoms with van der Waals surface area (Å²) in [7, 11) is 0. The Kier molecular flexibility index (Phi) is 2.33. The van der Waals surface area contributed by atoms with Gasteiger partial charge in [-0.2, -0.15) is 5.10 Å². The summed E-state index contributed by atoms with van der Waals surface area (Å²) in [6.45, 7) is 0. The number of aldehydes is 1. The quantitative estimate of drug-likeness (QED) is 0.768. The van der Waals surface area contributed by atoms with Gasteiger partial charge in [-0.25, -0.2) is 0 Å². The van der Waals surface area contributed by atoms with E-state index < -0.39 is 0 Å². The summed E-state index contributed by atoms with van der Waals surface area (Å²) >= 11 is 5.98. The third kappa shape index (κ3) is 1.54. The van der Waals surface area contributed by atoms with Gasteiger partial charge in [0.05, 0.1) is 5.69 Å². The van der Waals surface area contributed by atoms with E-state index in [1.807, 2.05) is 18.2 Å². The van der Waals surface area contributed by atoms with Crippen molar-refractivity contribution in [3.63, 3.8) is 0 Å². The molecule has 0 radical (unpaired) electrons. The fourth-order valence-electron chi connectivity index (χ4n) is 1.22. The first kappa shape index (κ1) is 8.97. The van der Waals surface area contributed by atoms with Gasteiger partial charge in [0.1, 0.15) is 5.69 Å². The summed E-state index contributed by atoms with van der Waals surface area (Å²) in [4.78, 5) is 10.4. The van der Waals surface area contributed by atoms with Gasteiger partial charge in [-0.1, -0.05) is 29.8 Å². The number of rotatable bonds is 2. The minimum Gasteiger partial charge on any atom is -0.296 e. The van der Waals surface area contributed by atoms with Crippen molar-refractivity contribution in [1.82, 2.24) is 10.2 Å². The average molecular weight is 207 g/mol. The molecule has 0 atom stereocenters. The van der Waals surface area contributed by atoms with Crippen LogP contribution in [0.3, 0.4) is 0 Å². The highest BCUT2D eigenvalue weighted by Gasteiger charge is 2.05. The highest BCUT2D eigenvalue weighted by atomic mass is 35.5. The van der Waals surface area contributed by atoms with Gasteiger partial charge in [-0.05, 0) is 12.1 Å². The van der Waals surface area contributed by atoms with Crippen LogP contribution in [0.1, 0.15) is 10.5 Å². The monoisotopic (exact) mass is 206 g/mol. The highest BCUT2D eigenvalue weighted by molar-refractivity contribution is 6.33. The molecule has 1 aromatic heterocycles. The summed E-state index contributed by atoms with van der Waals surface area (Å²) in [5.74, 6) is 0. The number of carbonyl (C=O) groups is 1. The molecule has 0 bridgehead atoms. The first-order valence-electron chi connectivity index (χ1n) is 4.07.